The number of H-pyrrole nitrogens is 1. The van der Waals surface area contributed by atoms with Crippen LogP contribution in [0.4, 0.5) is 29.1 Å². The maximum absolute atomic E-state index is 15.3. The SMILES string of the molecule is O=C(Nc1cn2cc(-c3c(Cl)c(F)c(N4CC(F)(F)C4)c4[nH]ncc34)ncc2n1)C1CC1F. The highest BCUT2D eigenvalue weighted by Gasteiger charge is 2.46. The first-order chi connectivity index (χ1) is 15.7. The van der Waals surface area contributed by atoms with Gasteiger partial charge < -0.3 is 14.6 Å². The largest absolute Gasteiger partial charge is 0.355 e. The lowest BCUT2D eigenvalue weighted by Gasteiger charge is -2.40. The highest BCUT2D eigenvalue weighted by atomic mass is 35.5. The fourth-order valence-electron chi connectivity index (χ4n) is 4.06. The van der Waals surface area contributed by atoms with Crippen molar-refractivity contribution in [1.82, 2.24) is 24.6 Å². The molecule has 0 radical (unpaired) electrons. The summed E-state index contributed by atoms with van der Waals surface area (Å²) in [5.74, 6) is -4.64. The molecule has 8 nitrogen and oxygen atoms in total. The monoisotopic (exact) mass is 479 g/mol. The minimum absolute atomic E-state index is 0.0675. The molecule has 4 aromatic rings. The quantitative estimate of drug-likeness (QED) is 0.434. The summed E-state index contributed by atoms with van der Waals surface area (Å²) in [6, 6.07) is 0. The van der Waals surface area contributed by atoms with Gasteiger partial charge in [-0.2, -0.15) is 5.10 Å². The zero-order chi connectivity index (χ0) is 23.1. The molecule has 2 N–H and O–H groups in total. The number of benzene rings is 1. The Morgan fingerprint density at radius 2 is 2.03 bits per heavy atom. The zero-order valence-electron chi connectivity index (χ0n) is 16.6. The van der Waals surface area contributed by atoms with Crippen LogP contribution in [0.3, 0.4) is 0 Å². The van der Waals surface area contributed by atoms with E-state index < -0.39 is 42.8 Å². The molecule has 2 unspecified atom stereocenters. The van der Waals surface area contributed by atoms with E-state index in [1.54, 1.807) is 4.40 Å². The Kier molecular flexibility index (Phi) is 4.16. The molecule has 1 aliphatic heterocycles. The Morgan fingerprint density at radius 3 is 2.73 bits per heavy atom. The third-order valence-corrected chi connectivity index (χ3v) is 6.18. The summed E-state index contributed by atoms with van der Waals surface area (Å²) >= 11 is 6.36. The molecule has 2 fully saturated rings. The van der Waals surface area contributed by atoms with Gasteiger partial charge in [0.05, 0.1) is 53.8 Å². The second kappa shape index (κ2) is 6.80. The van der Waals surface area contributed by atoms with E-state index in [0.717, 1.165) is 0 Å². The topological polar surface area (TPSA) is 91.2 Å². The molecule has 1 aliphatic carbocycles. The smallest absolute Gasteiger partial charge is 0.282 e. The number of hydrogen-bond acceptors (Lipinski definition) is 5. The second-order valence-corrected chi connectivity index (χ2v) is 8.61. The van der Waals surface area contributed by atoms with Crippen molar-refractivity contribution in [3.63, 3.8) is 0 Å². The van der Waals surface area contributed by atoms with Crippen LogP contribution in [0.15, 0.2) is 24.8 Å². The zero-order valence-corrected chi connectivity index (χ0v) is 17.4. The van der Waals surface area contributed by atoms with Crippen molar-refractivity contribution in [1.29, 1.82) is 0 Å². The van der Waals surface area contributed by atoms with E-state index in [2.05, 4.69) is 25.5 Å². The van der Waals surface area contributed by atoms with Crippen molar-refractivity contribution in [2.75, 3.05) is 23.3 Å². The second-order valence-electron chi connectivity index (χ2n) is 8.23. The molecule has 4 heterocycles. The lowest BCUT2D eigenvalue weighted by Crippen LogP contribution is -2.56. The number of aromatic amines is 1. The van der Waals surface area contributed by atoms with E-state index in [1.165, 1.54) is 29.7 Å². The first kappa shape index (κ1) is 20.2. The third kappa shape index (κ3) is 3.19. The number of fused-ring (bicyclic) bond motifs is 2. The van der Waals surface area contributed by atoms with Gasteiger partial charge in [0.25, 0.3) is 5.92 Å². The number of alkyl halides is 3. The maximum atomic E-state index is 15.3. The van der Waals surface area contributed by atoms with Gasteiger partial charge in [0.1, 0.15) is 11.9 Å². The van der Waals surface area contributed by atoms with Crippen molar-refractivity contribution >= 4 is 45.6 Å². The standard InChI is InChI=1S/C20H14ClF4N7O/c21-15-14(9-2-27-30-17(9)18(16(15)23)32-6-20(24,25)7-32)11-4-31-5-12(28-13(31)3-26-11)29-19(33)8-1-10(8)22/h2-5,8,10H,1,6-7H2,(H,27,30)(H,29,33). The highest BCUT2D eigenvalue weighted by molar-refractivity contribution is 6.36. The first-order valence-electron chi connectivity index (χ1n) is 9.99. The summed E-state index contributed by atoms with van der Waals surface area (Å²) in [5, 5.41) is 9.30. The molecular formula is C20H14ClF4N7O. The van der Waals surface area contributed by atoms with E-state index in [-0.39, 0.29) is 39.7 Å². The third-order valence-electron chi connectivity index (χ3n) is 5.82. The van der Waals surface area contributed by atoms with E-state index in [4.69, 9.17) is 11.6 Å². The fourth-order valence-corrected chi connectivity index (χ4v) is 4.35. The number of anilines is 2. The van der Waals surface area contributed by atoms with Gasteiger partial charge >= 0.3 is 0 Å². The molecule has 2 atom stereocenters. The predicted octanol–water partition coefficient (Wildman–Crippen LogP) is 3.82. The van der Waals surface area contributed by atoms with Gasteiger partial charge in [-0.15, -0.1) is 0 Å². The van der Waals surface area contributed by atoms with Gasteiger partial charge in [0, 0.05) is 17.1 Å². The van der Waals surface area contributed by atoms with Gasteiger partial charge in [-0.1, -0.05) is 11.6 Å². The van der Waals surface area contributed by atoms with Gasteiger partial charge in [-0.05, 0) is 6.42 Å². The highest BCUT2D eigenvalue weighted by Crippen LogP contribution is 2.45. The Morgan fingerprint density at radius 1 is 1.27 bits per heavy atom. The van der Waals surface area contributed by atoms with Crippen molar-refractivity contribution in [3.05, 3.63) is 35.6 Å². The number of hydrogen-bond donors (Lipinski definition) is 2. The Labute approximate surface area is 187 Å². The first-order valence-corrected chi connectivity index (χ1v) is 10.4. The lowest BCUT2D eigenvalue weighted by atomic mass is 10.0. The van der Waals surface area contributed by atoms with Crippen LogP contribution in [0.2, 0.25) is 5.02 Å². The molecule has 13 heteroatoms. The van der Waals surface area contributed by atoms with Gasteiger partial charge in [-0.3, -0.25) is 14.9 Å². The van der Waals surface area contributed by atoms with E-state index in [1.807, 2.05) is 0 Å². The van der Waals surface area contributed by atoms with Crippen molar-refractivity contribution in [2.45, 2.75) is 18.5 Å². The molecule has 0 bridgehead atoms. The molecule has 3 aromatic heterocycles. The average Bonchev–Trinajstić information content (AvgIpc) is 3.11. The molecule has 1 saturated heterocycles. The number of amides is 1. The summed E-state index contributed by atoms with van der Waals surface area (Å²) in [7, 11) is 0. The molecule has 170 valence electrons. The number of halogens is 5. The van der Waals surface area contributed by atoms with Crippen LogP contribution in [0.1, 0.15) is 6.42 Å². The molecule has 2 aliphatic rings. The van der Waals surface area contributed by atoms with E-state index in [0.29, 0.717) is 11.0 Å². The minimum Gasteiger partial charge on any atom is -0.355 e. The van der Waals surface area contributed by atoms with E-state index >= 15 is 4.39 Å². The summed E-state index contributed by atoms with van der Waals surface area (Å²) in [6.45, 7) is -1.24. The summed E-state index contributed by atoms with van der Waals surface area (Å²) in [5.41, 5.74) is 1.06. The number of rotatable bonds is 4. The van der Waals surface area contributed by atoms with Crippen molar-refractivity contribution in [3.8, 4) is 11.3 Å². The Hall–Kier alpha value is -3.41. The number of nitrogens with one attached hydrogen (secondary N) is 2. The molecule has 6 rings (SSSR count). The summed E-state index contributed by atoms with van der Waals surface area (Å²) < 4.78 is 56.7. The van der Waals surface area contributed by atoms with Crippen LogP contribution in [-0.2, 0) is 4.79 Å². The van der Waals surface area contributed by atoms with Crippen molar-refractivity contribution in [2.24, 2.45) is 5.92 Å². The fraction of sp³-hybridized carbons (Fsp3) is 0.300. The predicted molar refractivity (Wildman–Crippen MR) is 112 cm³/mol. The van der Waals surface area contributed by atoms with Gasteiger partial charge in [-0.25, -0.2) is 22.5 Å². The van der Waals surface area contributed by atoms with Crippen LogP contribution >= 0.6 is 11.6 Å². The molecule has 1 amide bonds. The van der Waals surface area contributed by atoms with E-state index in [9.17, 15) is 18.0 Å². The van der Waals surface area contributed by atoms with Crippen LogP contribution in [0.25, 0.3) is 27.8 Å². The number of nitrogens with zero attached hydrogens (tertiary/aromatic N) is 5. The molecular weight excluding hydrogens is 466 g/mol. The number of aromatic nitrogens is 5. The maximum Gasteiger partial charge on any atom is 0.282 e. The van der Waals surface area contributed by atoms with Crippen LogP contribution in [0.5, 0.6) is 0 Å². The number of carbonyl (C=O) groups is 1. The lowest BCUT2D eigenvalue weighted by molar-refractivity contribution is -0.117. The summed E-state index contributed by atoms with van der Waals surface area (Å²) in [4.78, 5) is 21.7. The molecule has 0 spiro atoms. The van der Waals surface area contributed by atoms with Crippen LogP contribution in [0, 0.1) is 11.7 Å². The minimum atomic E-state index is -2.89. The van der Waals surface area contributed by atoms with Crippen molar-refractivity contribution < 1.29 is 22.4 Å². The van der Waals surface area contributed by atoms with Crippen LogP contribution in [-0.4, -0.2) is 55.7 Å². The number of carbonyl (C=O) groups excluding carboxylic acids is 1. The number of imidazole rings is 1. The summed E-state index contributed by atoms with van der Waals surface area (Å²) in [6.07, 6.45) is 4.95. The molecule has 33 heavy (non-hydrogen) atoms. The normalized spacial score (nSPS) is 21.4. The molecule has 1 saturated carbocycles. The van der Waals surface area contributed by atoms with Crippen LogP contribution < -0.4 is 10.2 Å². The average molecular weight is 480 g/mol. The Balaban J connectivity index is 1.40. The van der Waals surface area contributed by atoms with Gasteiger partial charge in [0.15, 0.2) is 17.3 Å². The molecule has 1 aromatic carbocycles. The van der Waals surface area contributed by atoms with Gasteiger partial charge in [0.2, 0.25) is 5.91 Å². The Bertz CT molecular complexity index is 1440.